The van der Waals surface area contributed by atoms with Gasteiger partial charge in [-0.05, 0) is 43.7 Å². The van der Waals surface area contributed by atoms with Gasteiger partial charge in [-0.2, -0.15) is 5.10 Å². The van der Waals surface area contributed by atoms with Crippen LogP contribution < -0.4 is 15.6 Å². The van der Waals surface area contributed by atoms with Crippen LogP contribution in [0.25, 0.3) is 0 Å². The summed E-state index contributed by atoms with van der Waals surface area (Å²) in [5, 5.41) is 14.5. The molecule has 0 radical (unpaired) electrons. The Kier molecular flexibility index (Phi) is 4.51. The SMILES string of the molecule is CCN(CC)c1ccc(C2C(=N)N(c3ccccc3)N=C2N)cc1. The molecule has 1 atom stereocenters. The zero-order chi connectivity index (χ0) is 17.1. The Labute approximate surface area is 142 Å². The van der Waals surface area contributed by atoms with Gasteiger partial charge in [0.2, 0.25) is 0 Å². The van der Waals surface area contributed by atoms with Crippen molar-refractivity contribution in [3.05, 3.63) is 60.2 Å². The van der Waals surface area contributed by atoms with E-state index in [9.17, 15) is 0 Å². The van der Waals surface area contributed by atoms with Crippen LogP contribution in [-0.4, -0.2) is 24.8 Å². The Bertz CT molecular complexity index is 732. The van der Waals surface area contributed by atoms with E-state index in [1.54, 1.807) is 5.01 Å². The molecular weight excluding hydrogens is 298 g/mol. The first-order valence-corrected chi connectivity index (χ1v) is 8.28. The Morgan fingerprint density at radius 1 is 1.04 bits per heavy atom. The summed E-state index contributed by atoms with van der Waals surface area (Å²) in [5.74, 6) is 0.546. The molecule has 1 aliphatic rings. The molecule has 24 heavy (non-hydrogen) atoms. The molecule has 0 saturated carbocycles. The number of amidine groups is 2. The smallest absolute Gasteiger partial charge is 0.138 e. The molecule has 0 fully saturated rings. The fraction of sp³-hybridized carbons (Fsp3) is 0.263. The van der Waals surface area contributed by atoms with Gasteiger partial charge in [-0.15, -0.1) is 0 Å². The Morgan fingerprint density at radius 2 is 1.67 bits per heavy atom. The molecule has 0 bridgehead atoms. The number of hydrogen-bond donors (Lipinski definition) is 2. The Balaban J connectivity index is 1.85. The number of hydrogen-bond acceptors (Lipinski definition) is 4. The number of anilines is 2. The van der Waals surface area contributed by atoms with E-state index in [2.05, 4.69) is 36.0 Å². The molecule has 0 spiro atoms. The summed E-state index contributed by atoms with van der Waals surface area (Å²) in [7, 11) is 0. The van der Waals surface area contributed by atoms with Gasteiger partial charge in [0.25, 0.3) is 0 Å². The summed E-state index contributed by atoms with van der Waals surface area (Å²) < 4.78 is 0. The molecule has 2 aromatic carbocycles. The predicted molar refractivity (Wildman–Crippen MR) is 101 cm³/mol. The van der Waals surface area contributed by atoms with E-state index < -0.39 is 0 Å². The van der Waals surface area contributed by atoms with Crippen molar-refractivity contribution in [3.8, 4) is 0 Å². The van der Waals surface area contributed by atoms with E-state index in [-0.39, 0.29) is 5.92 Å². The maximum Gasteiger partial charge on any atom is 0.138 e. The molecule has 5 nitrogen and oxygen atoms in total. The minimum Gasteiger partial charge on any atom is -0.385 e. The monoisotopic (exact) mass is 321 g/mol. The van der Waals surface area contributed by atoms with Crippen LogP contribution in [0.4, 0.5) is 11.4 Å². The van der Waals surface area contributed by atoms with Gasteiger partial charge < -0.3 is 10.6 Å². The maximum absolute atomic E-state index is 8.50. The van der Waals surface area contributed by atoms with Crippen molar-refractivity contribution >= 4 is 23.0 Å². The molecule has 0 aromatic heterocycles. The van der Waals surface area contributed by atoms with E-state index >= 15 is 0 Å². The third-order valence-corrected chi connectivity index (χ3v) is 4.37. The van der Waals surface area contributed by atoms with Crippen molar-refractivity contribution in [2.24, 2.45) is 10.8 Å². The molecule has 0 amide bonds. The average Bonchev–Trinajstić information content (AvgIpc) is 2.92. The van der Waals surface area contributed by atoms with Crippen molar-refractivity contribution in [2.45, 2.75) is 19.8 Å². The molecule has 2 aromatic rings. The maximum atomic E-state index is 8.50. The standard InChI is InChI=1S/C19H23N5/c1-3-23(4-2)15-12-10-14(11-13-15)17-18(20)22-24(19(17)21)16-8-6-5-7-9-16/h5-13,17,21H,3-4H2,1-2H3,(H2,20,22). The lowest BCUT2D eigenvalue weighted by molar-refractivity contribution is 0.866. The van der Waals surface area contributed by atoms with Crippen LogP contribution in [0.2, 0.25) is 0 Å². The third kappa shape index (κ3) is 2.85. The molecule has 1 unspecified atom stereocenters. The summed E-state index contributed by atoms with van der Waals surface area (Å²) in [6.07, 6.45) is 0. The predicted octanol–water partition coefficient (Wildman–Crippen LogP) is 3.39. The third-order valence-electron chi connectivity index (χ3n) is 4.37. The molecule has 1 aliphatic heterocycles. The van der Waals surface area contributed by atoms with Gasteiger partial charge in [0, 0.05) is 18.8 Å². The van der Waals surface area contributed by atoms with Crippen LogP contribution in [0, 0.1) is 5.41 Å². The zero-order valence-electron chi connectivity index (χ0n) is 14.1. The summed E-state index contributed by atoms with van der Waals surface area (Å²) in [6, 6.07) is 17.9. The minimum absolute atomic E-state index is 0.295. The van der Waals surface area contributed by atoms with Crippen LogP contribution in [-0.2, 0) is 0 Å². The lowest BCUT2D eigenvalue weighted by Crippen LogP contribution is -2.27. The van der Waals surface area contributed by atoms with Gasteiger partial charge in [0.15, 0.2) is 0 Å². The van der Waals surface area contributed by atoms with Crippen molar-refractivity contribution < 1.29 is 0 Å². The Morgan fingerprint density at radius 3 is 2.25 bits per heavy atom. The average molecular weight is 321 g/mol. The topological polar surface area (TPSA) is 68.7 Å². The number of nitrogens with zero attached hydrogens (tertiary/aromatic N) is 3. The summed E-state index contributed by atoms with van der Waals surface area (Å²) >= 11 is 0. The minimum atomic E-state index is -0.295. The van der Waals surface area contributed by atoms with Crippen LogP contribution in [0.5, 0.6) is 0 Å². The highest BCUT2D eigenvalue weighted by atomic mass is 15.5. The number of benzene rings is 2. The first kappa shape index (κ1) is 16.1. The van der Waals surface area contributed by atoms with Crippen LogP contribution in [0.1, 0.15) is 25.3 Å². The van der Waals surface area contributed by atoms with Gasteiger partial charge in [-0.25, -0.2) is 5.01 Å². The molecule has 124 valence electrons. The van der Waals surface area contributed by atoms with E-state index in [1.165, 1.54) is 5.69 Å². The summed E-state index contributed by atoms with van der Waals surface area (Å²) in [6.45, 7) is 6.24. The van der Waals surface area contributed by atoms with Gasteiger partial charge in [-0.1, -0.05) is 30.3 Å². The highest BCUT2D eigenvalue weighted by molar-refractivity contribution is 6.19. The first-order chi connectivity index (χ1) is 11.7. The largest absolute Gasteiger partial charge is 0.385 e. The molecule has 3 rings (SSSR count). The molecular formula is C19H23N5. The highest BCUT2D eigenvalue weighted by Crippen LogP contribution is 2.30. The zero-order valence-corrected chi connectivity index (χ0v) is 14.1. The Hall–Kier alpha value is -2.82. The molecule has 0 aliphatic carbocycles. The number of nitrogens with two attached hydrogens (primary N) is 1. The number of hydrazone groups is 1. The lowest BCUT2D eigenvalue weighted by atomic mass is 9.97. The van der Waals surface area contributed by atoms with Crippen LogP contribution in [0.3, 0.4) is 0 Å². The van der Waals surface area contributed by atoms with E-state index in [1.807, 2.05) is 42.5 Å². The second kappa shape index (κ2) is 6.74. The van der Waals surface area contributed by atoms with Crippen LogP contribution in [0.15, 0.2) is 59.7 Å². The molecule has 3 N–H and O–H groups in total. The second-order valence-corrected chi connectivity index (χ2v) is 5.75. The lowest BCUT2D eigenvalue weighted by Gasteiger charge is -2.22. The van der Waals surface area contributed by atoms with Gasteiger partial charge in [-0.3, -0.25) is 5.41 Å². The normalized spacial score (nSPS) is 17.1. The van der Waals surface area contributed by atoms with Crippen molar-refractivity contribution in [3.63, 3.8) is 0 Å². The van der Waals surface area contributed by atoms with E-state index in [4.69, 9.17) is 11.1 Å². The fourth-order valence-electron chi connectivity index (χ4n) is 3.05. The van der Waals surface area contributed by atoms with Crippen molar-refractivity contribution in [2.75, 3.05) is 23.0 Å². The second-order valence-electron chi connectivity index (χ2n) is 5.75. The molecule has 0 saturated heterocycles. The van der Waals surface area contributed by atoms with Gasteiger partial charge >= 0.3 is 0 Å². The van der Waals surface area contributed by atoms with Gasteiger partial charge in [0.05, 0.1) is 5.69 Å². The number of rotatable bonds is 5. The highest BCUT2D eigenvalue weighted by Gasteiger charge is 2.33. The molecule has 1 heterocycles. The summed E-state index contributed by atoms with van der Waals surface area (Å²) in [5.41, 5.74) is 9.17. The summed E-state index contributed by atoms with van der Waals surface area (Å²) in [4.78, 5) is 2.29. The quantitative estimate of drug-likeness (QED) is 0.887. The van der Waals surface area contributed by atoms with Crippen LogP contribution >= 0.6 is 0 Å². The number of nitrogens with one attached hydrogen (secondary N) is 1. The van der Waals surface area contributed by atoms with Crippen molar-refractivity contribution in [1.29, 1.82) is 5.41 Å². The van der Waals surface area contributed by atoms with E-state index in [0.29, 0.717) is 11.7 Å². The van der Waals surface area contributed by atoms with E-state index in [0.717, 1.165) is 24.3 Å². The first-order valence-electron chi connectivity index (χ1n) is 8.28. The van der Waals surface area contributed by atoms with Crippen molar-refractivity contribution in [1.82, 2.24) is 0 Å². The fourth-order valence-corrected chi connectivity index (χ4v) is 3.05. The molecule has 5 heteroatoms. The van der Waals surface area contributed by atoms with Gasteiger partial charge in [0.1, 0.15) is 17.6 Å². The number of para-hydroxylation sites is 1.